The highest BCUT2D eigenvalue weighted by Crippen LogP contribution is 2.37. The van der Waals surface area contributed by atoms with E-state index in [9.17, 15) is 26.7 Å². The molecule has 0 saturated heterocycles. The van der Waals surface area contributed by atoms with Crippen molar-refractivity contribution in [3.05, 3.63) is 17.3 Å². The Labute approximate surface area is 97.3 Å². The Morgan fingerprint density at radius 3 is 2.39 bits per heavy atom. The summed E-state index contributed by atoms with van der Waals surface area (Å²) in [6, 6.07) is 0. The van der Waals surface area contributed by atoms with Gasteiger partial charge in [-0.25, -0.2) is 13.8 Å². The largest absolute Gasteiger partial charge is 0.573 e. The molecule has 1 aromatic heterocycles. The van der Waals surface area contributed by atoms with Crippen LogP contribution in [0.3, 0.4) is 0 Å². The molecular weight excluding hydrogens is 265 g/mol. The molecule has 0 aliphatic carbocycles. The van der Waals surface area contributed by atoms with Gasteiger partial charge in [0, 0.05) is 0 Å². The molecule has 1 heterocycles. The van der Waals surface area contributed by atoms with Gasteiger partial charge in [0.1, 0.15) is 0 Å². The first-order valence-electron chi connectivity index (χ1n) is 4.36. The number of alkyl halides is 5. The second-order valence-electron chi connectivity index (χ2n) is 2.93. The van der Waals surface area contributed by atoms with E-state index in [0.29, 0.717) is 6.20 Å². The Kier molecular flexibility index (Phi) is 4.04. The molecule has 100 valence electrons. The lowest BCUT2D eigenvalue weighted by Crippen LogP contribution is -2.19. The summed E-state index contributed by atoms with van der Waals surface area (Å²) in [4.78, 5) is 13.9. The van der Waals surface area contributed by atoms with Crippen LogP contribution in [0.2, 0.25) is 0 Å². The van der Waals surface area contributed by atoms with Crippen LogP contribution in [0.1, 0.15) is 22.3 Å². The summed E-state index contributed by atoms with van der Waals surface area (Å²) in [6.07, 6.45) is -8.17. The Morgan fingerprint density at radius 2 is 2.00 bits per heavy atom. The standard InChI is InChI=1S/C9H6F5NO3/c1-17-8-4(3-16)6(7(10)11)5(2-15-8)18-9(12,13)14/h2-3,7H,1H3. The minimum Gasteiger partial charge on any atom is -0.480 e. The van der Waals surface area contributed by atoms with Crippen LogP contribution in [0.5, 0.6) is 11.6 Å². The van der Waals surface area contributed by atoms with Gasteiger partial charge in [-0.1, -0.05) is 0 Å². The molecular formula is C9H6F5NO3. The lowest BCUT2D eigenvalue weighted by Gasteiger charge is -2.15. The normalized spacial score (nSPS) is 11.5. The van der Waals surface area contributed by atoms with E-state index < -0.39 is 35.5 Å². The molecule has 18 heavy (non-hydrogen) atoms. The van der Waals surface area contributed by atoms with Gasteiger partial charge in [0.05, 0.1) is 24.4 Å². The van der Waals surface area contributed by atoms with Gasteiger partial charge in [0.15, 0.2) is 12.0 Å². The lowest BCUT2D eigenvalue weighted by atomic mass is 10.1. The minimum absolute atomic E-state index is 0.0729. The van der Waals surface area contributed by atoms with E-state index >= 15 is 0 Å². The Balaban J connectivity index is 3.39. The predicted octanol–water partition coefficient (Wildman–Crippen LogP) is 2.74. The van der Waals surface area contributed by atoms with E-state index in [4.69, 9.17) is 0 Å². The molecule has 0 unspecified atom stereocenters. The molecule has 0 spiro atoms. The number of hydrogen-bond acceptors (Lipinski definition) is 4. The van der Waals surface area contributed by atoms with E-state index in [1.807, 2.05) is 0 Å². The first-order valence-corrected chi connectivity index (χ1v) is 4.36. The number of rotatable bonds is 4. The molecule has 0 bridgehead atoms. The third kappa shape index (κ3) is 3.05. The van der Waals surface area contributed by atoms with Crippen LogP contribution in [0.15, 0.2) is 6.20 Å². The fourth-order valence-corrected chi connectivity index (χ4v) is 1.21. The monoisotopic (exact) mass is 271 g/mol. The summed E-state index contributed by atoms with van der Waals surface area (Å²) in [5.74, 6) is -1.74. The number of nitrogens with zero attached hydrogens (tertiary/aromatic N) is 1. The average molecular weight is 271 g/mol. The molecule has 0 aliphatic rings. The van der Waals surface area contributed by atoms with Gasteiger partial charge in [-0.15, -0.1) is 13.2 Å². The molecule has 0 saturated carbocycles. The van der Waals surface area contributed by atoms with Gasteiger partial charge in [-0.05, 0) is 0 Å². The molecule has 0 aromatic carbocycles. The quantitative estimate of drug-likeness (QED) is 0.624. The van der Waals surface area contributed by atoms with Crippen molar-refractivity contribution >= 4 is 6.29 Å². The zero-order valence-corrected chi connectivity index (χ0v) is 8.79. The van der Waals surface area contributed by atoms with Crippen molar-refractivity contribution < 1.29 is 36.2 Å². The number of ether oxygens (including phenoxy) is 2. The maximum atomic E-state index is 12.7. The van der Waals surface area contributed by atoms with Crippen LogP contribution in [-0.4, -0.2) is 24.7 Å². The number of aldehydes is 1. The molecule has 1 rings (SSSR count). The molecule has 0 atom stereocenters. The van der Waals surface area contributed by atoms with Gasteiger partial charge in [0.2, 0.25) is 5.88 Å². The number of hydrogen-bond donors (Lipinski definition) is 0. The van der Waals surface area contributed by atoms with Gasteiger partial charge < -0.3 is 9.47 Å². The van der Waals surface area contributed by atoms with Crippen LogP contribution in [0, 0.1) is 0 Å². The Morgan fingerprint density at radius 1 is 1.39 bits per heavy atom. The van der Waals surface area contributed by atoms with Crippen molar-refractivity contribution in [3.8, 4) is 11.6 Å². The Bertz CT molecular complexity index is 447. The van der Waals surface area contributed by atoms with E-state index in [2.05, 4.69) is 14.5 Å². The summed E-state index contributed by atoms with van der Waals surface area (Å²) in [7, 11) is 1.04. The Hall–Kier alpha value is -1.93. The number of aromatic nitrogens is 1. The van der Waals surface area contributed by atoms with Crippen LogP contribution in [0.25, 0.3) is 0 Å². The highest BCUT2D eigenvalue weighted by Gasteiger charge is 2.35. The first-order chi connectivity index (χ1) is 8.30. The first kappa shape index (κ1) is 14.1. The second kappa shape index (κ2) is 5.15. The molecule has 1 aromatic rings. The van der Waals surface area contributed by atoms with Crippen LogP contribution in [-0.2, 0) is 0 Å². The van der Waals surface area contributed by atoms with Crippen molar-refractivity contribution in [1.82, 2.24) is 4.98 Å². The van der Waals surface area contributed by atoms with Crippen LogP contribution < -0.4 is 9.47 Å². The molecule has 0 fully saturated rings. The van der Waals surface area contributed by atoms with Crippen molar-refractivity contribution in [3.63, 3.8) is 0 Å². The number of carbonyl (C=O) groups is 1. The molecule has 9 heteroatoms. The summed E-state index contributed by atoms with van der Waals surface area (Å²) in [5, 5.41) is 0. The smallest absolute Gasteiger partial charge is 0.480 e. The molecule has 0 N–H and O–H groups in total. The summed E-state index contributed by atoms with van der Waals surface area (Å²) in [6.45, 7) is 0. The molecule has 0 radical (unpaired) electrons. The SMILES string of the molecule is COc1ncc(OC(F)(F)F)c(C(F)F)c1C=O. The number of halogens is 5. The third-order valence-electron chi connectivity index (χ3n) is 1.84. The topological polar surface area (TPSA) is 48.4 Å². The average Bonchev–Trinajstić information content (AvgIpc) is 2.25. The summed E-state index contributed by atoms with van der Waals surface area (Å²) in [5.41, 5.74) is -2.00. The third-order valence-corrected chi connectivity index (χ3v) is 1.84. The van der Waals surface area contributed by atoms with Crippen molar-refractivity contribution in [2.45, 2.75) is 12.8 Å². The van der Waals surface area contributed by atoms with E-state index in [1.165, 1.54) is 0 Å². The highest BCUT2D eigenvalue weighted by atomic mass is 19.4. The lowest BCUT2D eigenvalue weighted by molar-refractivity contribution is -0.275. The molecule has 4 nitrogen and oxygen atoms in total. The maximum absolute atomic E-state index is 12.7. The van der Waals surface area contributed by atoms with Gasteiger partial charge in [-0.2, -0.15) is 0 Å². The number of pyridine rings is 1. The zero-order chi connectivity index (χ0) is 13.9. The van der Waals surface area contributed by atoms with Crippen molar-refractivity contribution in [2.24, 2.45) is 0 Å². The van der Waals surface area contributed by atoms with E-state index in [1.54, 1.807) is 0 Å². The second-order valence-corrected chi connectivity index (χ2v) is 2.93. The van der Waals surface area contributed by atoms with E-state index in [-0.39, 0.29) is 6.29 Å². The minimum atomic E-state index is -5.17. The predicted molar refractivity (Wildman–Crippen MR) is 47.8 cm³/mol. The van der Waals surface area contributed by atoms with Crippen molar-refractivity contribution in [2.75, 3.05) is 7.11 Å². The fraction of sp³-hybridized carbons (Fsp3) is 0.333. The fourth-order valence-electron chi connectivity index (χ4n) is 1.21. The maximum Gasteiger partial charge on any atom is 0.573 e. The number of carbonyl (C=O) groups excluding carboxylic acids is 1. The van der Waals surface area contributed by atoms with Crippen LogP contribution in [0.4, 0.5) is 22.0 Å². The molecule has 0 amide bonds. The van der Waals surface area contributed by atoms with Gasteiger partial charge >= 0.3 is 6.36 Å². The van der Waals surface area contributed by atoms with Gasteiger partial charge in [-0.3, -0.25) is 4.79 Å². The summed E-state index contributed by atoms with van der Waals surface area (Å²) < 4.78 is 69.2. The van der Waals surface area contributed by atoms with Crippen LogP contribution >= 0.6 is 0 Å². The molecule has 0 aliphatic heterocycles. The number of methoxy groups -OCH3 is 1. The van der Waals surface area contributed by atoms with Gasteiger partial charge in [0.25, 0.3) is 6.43 Å². The summed E-state index contributed by atoms with van der Waals surface area (Å²) >= 11 is 0. The van der Waals surface area contributed by atoms with Crippen molar-refractivity contribution in [1.29, 1.82) is 0 Å². The highest BCUT2D eigenvalue weighted by molar-refractivity contribution is 5.82. The van der Waals surface area contributed by atoms with E-state index in [0.717, 1.165) is 7.11 Å². The zero-order valence-electron chi connectivity index (χ0n) is 8.79.